The van der Waals surface area contributed by atoms with E-state index in [0.717, 1.165) is 4.90 Å². The number of amides is 3. The summed E-state index contributed by atoms with van der Waals surface area (Å²) < 4.78 is 10.5. The first kappa shape index (κ1) is 24.1. The van der Waals surface area contributed by atoms with E-state index < -0.39 is 17.7 Å². The summed E-state index contributed by atoms with van der Waals surface area (Å²) in [6, 6.07) is 17.8. The molecule has 10 heteroatoms. The molecule has 3 amide bonds. The van der Waals surface area contributed by atoms with Gasteiger partial charge in [0.1, 0.15) is 22.2 Å². The van der Waals surface area contributed by atoms with Gasteiger partial charge in [0.2, 0.25) is 0 Å². The average molecular weight is 512 g/mol. The van der Waals surface area contributed by atoms with Crippen molar-refractivity contribution in [1.29, 1.82) is 0 Å². The summed E-state index contributed by atoms with van der Waals surface area (Å²) in [7, 11) is 3.01. The van der Waals surface area contributed by atoms with E-state index in [1.165, 1.54) is 20.3 Å². The number of imide groups is 1. The fourth-order valence-corrected chi connectivity index (χ4v) is 3.88. The zero-order valence-electron chi connectivity index (χ0n) is 18.6. The first-order valence-corrected chi connectivity index (χ1v) is 11.0. The van der Waals surface area contributed by atoms with E-state index in [4.69, 9.17) is 32.7 Å². The molecule has 4 rings (SSSR count). The van der Waals surface area contributed by atoms with Gasteiger partial charge in [0.25, 0.3) is 17.7 Å². The monoisotopic (exact) mass is 511 g/mol. The smallest absolute Gasteiger partial charge is 0.283 e. The largest absolute Gasteiger partial charge is 0.497 e. The van der Waals surface area contributed by atoms with Crippen LogP contribution in [0.5, 0.6) is 11.5 Å². The Balaban J connectivity index is 1.56. The number of hydrogen-bond donors (Lipinski definition) is 2. The molecule has 1 aliphatic heterocycles. The Morgan fingerprint density at radius 3 is 2.37 bits per heavy atom. The van der Waals surface area contributed by atoms with Gasteiger partial charge in [-0.05, 0) is 42.5 Å². The minimum Gasteiger partial charge on any atom is -0.497 e. The molecule has 3 aromatic carbocycles. The van der Waals surface area contributed by atoms with Gasteiger partial charge < -0.3 is 20.1 Å². The predicted molar refractivity (Wildman–Crippen MR) is 134 cm³/mol. The number of ether oxygens (including phenoxy) is 2. The van der Waals surface area contributed by atoms with Crippen LogP contribution in [-0.2, 0) is 9.59 Å². The Labute approximate surface area is 211 Å². The van der Waals surface area contributed by atoms with Gasteiger partial charge in [0, 0.05) is 17.3 Å². The van der Waals surface area contributed by atoms with Gasteiger partial charge in [0.05, 0.1) is 30.6 Å². The molecule has 0 fully saturated rings. The second-order valence-corrected chi connectivity index (χ2v) is 8.10. The van der Waals surface area contributed by atoms with Crippen molar-refractivity contribution in [3.63, 3.8) is 0 Å². The molecule has 0 aromatic heterocycles. The molecule has 178 valence electrons. The van der Waals surface area contributed by atoms with Crippen molar-refractivity contribution in [2.75, 3.05) is 29.8 Å². The molecule has 0 bridgehead atoms. The second kappa shape index (κ2) is 10.1. The number of carbonyl (C=O) groups excluding carboxylic acids is 3. The third-order valence-electron chi connectivity index (χ3n) is 5.17. The van der Waals surface area contributed by atoms with Crippen LogP contribution in [0.25, 0.3) is 0 Å². The third kappa shape index (κ3) is 4.80. The molecular formula is C25H19Cl2N3O5. The van der Waals surface area contributed by atoms with E-state index in [9.17, 15) is 14.4 Å². The highest BCUT2D eigenvalue weighted by Crippen LogP contribution is 2.34. The number of rotatable bonds is 7. The lowest BCUT2D eigenvalue weighted by Gasteiger charge is -2.16. The number of nitrogens with one attached hydrogen (secondary N) is 2. The highest BCUT2D eigenvalue weighted by molar-refractivity contribution is 6.53. The first-order chi connectivity index (χ1) is 16.8. The highest BCUT2D eigenvalue weighted by Gasteiger charge is 2.39. The summed E-state index contributed by atoms with van der Waals surface area (Å²) in [6.45, 7) is 0. The molecule has 2 N–H and O–H groups in total. The van der Waals surface area contributed by atoms with Crippen LogP contribution in [0.1, 0.15) is 10.4 Å². The fourth-order valence-electron chi connectivity index (χ4n) is 3.45. The lowest BCUT2D eigenvalue weighted by molar-refractivity contribution is -0.120. The molecule has 0 saturated carbocycles. The van der Waals surface area contributed by atoms with Gasteiger partial charge in [-0.1, -0.05) is 41.4 Å². The van der Waals surface area contributed by atoms with Crippen LogP contribution in [-0.4, -0.2) is 31.9 Å². The SMILES string of the molecule is COc1ccc(OC)c(NC(=O)c2cccc(NC3=C(Cl)C(=O)N(c4ccccc4Cl)C3=O)c2)c1. The summed E-state index contributed by atoms with van der Waals surface area (Å²) in [5.74, 6) is -0.784. The number of methoxy groups -OCH3 is 2. The predicted octanol–water partition coefficient (Wildman–Crippen LogP) is 5.05. The Morgan fingerprint density at radius 2 is 1.66 bits per heavy atom. The van der Waals surface area contributed by atoms with Crippen molar-refractivity contribution in [3.05, 3.63) is 88.0 Å². The van der Waals surface area contributed by atoms with Crippen LogP contribution in [0.2, 0.25) is 5.02 Å². The lowest BCUT2D eigenvalue weighted by atomic mass is 10.1. The quantitative estimate of drug-likeness (QED) is 0.431. The van der Waals surface area contributed by atoms with Gasteiger partial charge in [0.15, 0.2) is 0 Å². The molecule has 1 heterocycles. The number of carbonyl (C=O) groups is 3. The van der Waals surface area contributed by atoms with Gasteiger partial charge in [-0.15, -0.1) is 0 Å². The van der Waals surface area contributed by atoms with E-state index in [2.05, 4.69) is 10.6 Å². The molecule has 0 radical (unpaired) electrons. The topological polar surface area (TPSA) is 97.0 Å². The molecule has 0 atom stereocenters. The maximum Gasteiger partial charge on any atom is 0.283 e. The lowest BCUT2D eigenvalue weighted by Crippen LogP contribution is -2.32. The summed E-state index contributed by atoms with van der Waals surface area (Å²) in [5, 5.41) is 5.58. The molecule has 1 aliphatic rings. The second-order valence-electron chi connectivity index (χ2n) is 7.31. The molecule has 8 nitrogen and oxygen atoms in total. The van der Waals surface area contributed by atoms with Crippen LogP contribution in [0.4, 0.5) is 17.1 Å². The summed E-state index contributed by atoms with van der Waals surface area (Å²) >= 11 is 12.4. The summed E-state index contributed by atoms with van der Waals surface area (Å²) in [6.07, 6.45) is 0. The maximum absolute atomic E-state index is 13.0. The standard InChI is InChI=1S/C25H19Cl2N3O5/c1-34-16-10-11-20(35-2)18(13-16)29-23(31)14-6-5-7-15(12-14)28-22-21(27)24(32)30(25(22)33)19-9-4-3-8-17(19)26/h3-13,28H,1-2H3,(H,29,31). The van der Waals surface area contributed by atoms with Crippen LogP contribution in [0.15, 0.2) is 77.5 Å². The number of halogens is 2. The van der Waals surface area contributed by atoms with Crippen molar-refractivity contribution >= 4 is 58.0 Å². The highest BCUT2D eigenvalue weighted by atomic mass is 35.5. The molecule has 0 saturated heterocycles. The van der Waals surface area contributed by atoms with Crippen molar-refractivity contribution < 1.29 is 23.9 Å². The Hall–Kier alpha value is -4.01. The molecular weight excluding hydrogens is 493 g/mol. The van der Waals surface area contributed by atoms with E-state index in [1.807, 2.05) is 0 Å². The maximum atomic E-state index is 13.0. The van der Waals surface area contributed by atoms with Crippen molar-refractivity contribution in [1.82, 2.24) is 0 Å². The van der Waals surface area contributed by atoms with Crippen LogP contribution in [0, 0.1) is 0 Å². The third-order valence-corrected chi connectivity index (χ3v) is 5.84. The number of nitrogens with zero attached hydrogens (tertiary/aromatic N) is 1. The minimum absolute atomic E-state index is 0.122. The Kier molecular flexibility index (Phi) is 6.95. The van der Waals surface area contributed by atoms with Crippen LogP contribution in [0.3, 0.4) is 0 Å². The average Bonchev–Trinajstić information content (AvgIpc) is 3.07. The van der Waals surface area contributed by atoms with Gasteiger partial charge in [-0.2, -0.15) is 0 Å². The Bertz CT molecular complexity index is 1370. The van der Waals surface area contributed by atoms with Crippen LogP contribution >= 0.6 is 23.2 Å². The first-order valence-electron chi connectivity index (χ1n) is 10.3. The number of benzene rings is 3. The van der Waals surface area contributed by atoms with Crippen LogP contribution < -0.4 is 25.0 Å². The van der Waals surface area contributed by atoms with E-state index >= 15 is 0 Å². The number of para-hydroxylation sites is 1. The molecule has 0 spiro atoms. The van der Waals surface area contributed by atoms with E-state index in [-0.39, 0.29) is 27.0 Å². The zero-order valence-corrected chi connectivity index (χ0v) is 20.1. The van der Waals surface area contributed by atoms with Crippen molar-refractivity contribution in [2.24, 2.45) is 0 Å². The molecule has 3 aromatic rings. The fraction of sp³-hybridized carbons (Fsp3) is 0.0800. The number of anilines is 3. The Morgan fingerprint density at radius 1 is 0.886 bits per heavy atom. The van der Waals surface area contributed by atoms with Gasteiger partial charge in [-0.3, -0.25) is 14.4 Å². The normalized spacial score (nSPS) is 13.2. The number of hydrogen-bond acceptors (Lipinski definition) is 6. The molecule has 35 heavy (non-hydrogen) atoms. The van der Waals surface area contributed by atoms with Crippen molar-refractivity contribution in [2.45, 2.75) is 0 Å². The summed E-state index contributed by atoms with van der Waals surface area (Å²) in [4.78, 5) is 39.5. The molecule has 0 unspecified atom stereocenters. The molecule has 0 aliphatic carbocycles. The zero-order chi connectivity index (χ0) is 25.1. The van der Waals surface area contributed by atoms with Gasteiger partial charge >= 0.3 is 0 Å². The van der Waals surface area contributed by atoms with E-state index in [1.54, 1.807) is 60.7 Å². The minimum atomic E-state index is -0.703. The van der Waals surface area contributed by atoms with Crippen molar-refractivity contribution in [3.8, 4) is 11.5 Å². The summed E-state index contributed by atoms with van der Waals surface area (Å²) in [5.41, 5.74) is 1.19. The van der Waals surface area contributed by atoms with E-state index in [0.29, 0.717) is 22.9 Å². The van der Waals surface area contributed by atoms with Gasteiger partial charge in [-0.25, -0.2) is 4.90 Å².